The van der Waals surface area contributed by atoms with Crippen molar-refractivity contribution in [2.75, 3.05) is 6.61 Å². The van der Waals surface area contributed by atoms with E-state index in [2.05, 4.69) is 74.7 Å². The molecule has 3 unspecified atom stereocenters. The molecule has 0 rings (SSSR count). The van der Waals surface area contributed by atoms with Crippen LogP contribution in [-0.4, -0.2) is 46.9 Å². The third kappa shape index (κ3) is 48.1. The van der Waals surface area contributed by atoms with Gasteiger partial charge in [0.2, 0.25) is 5.91 Å². The molecular weight excluding hydrogens is 803 g/mol. The van der Waals surface area contributed by atoms with E-state index in [-0.39, 0.29) is 24.9 Å². The Morgan fingerprint density at radius 2 is 0.800 bits per heavy atom. The molecule has 0 spiro atoms. The van der Waals surface area contributed by atoms with Crippen LogP contribution in [-0.2, 0) is 14.3 Å². The molecule has 1 amide bonds. The predicted octanol–water partition coefficient (Wildman–Crippen LogP) is 17.4. The van der Waals surface area contributed by atoms with E-state index in [1.807, 2.05) is 0 Å². The summed E-state index contributed by atoms with van der Waals surface area (Å²) < 4.78 is 5.94. The second kappa shape index (κ2) is 52.8. The first-order valence-electron chi connectivity index (χ1n) is 28.4. The van der Waals surface area contributed by atoms with Crippen molar-refractivity contribution in [1.82, 2.24) is 5.32 Å². The van der Waals surface area contributed by atoms with Gasteiger partial charge < -0.3 is 20.3 Å². The fourth-order valence-electron chi connectivity index (χ4n) is 8.60. The van der Waals surface area contributed by atoms with Crippen LogP contribution in [0.15, 0.2) is 48.6 Å². The van der Waals surface area contributed by atoms with E-state index in [1.54, 1.807) is 0 Å². The van der Waals surface area contributed by atoms with E-state index in [4.69, 9.17) is 4.74 Å². The third-order valence-corrected chi connectivity index (χ3v) is 12.9. The number of amides is 1. The molecule has 0 aliphatic carbocycles. The van der Waals surface area contributed by atoms with Gasteiger partial charge in [0.25, 0.3) is 0 Å². The summed E-state index contributed by atoms with van der Waals surface area (Å²) in [6, 6.07) is -0.714. The van der Waals surface area contributed by atoms with Crippen LogP contribution in [0.2, 0.25) is 0 Å². The first-order valence-corrected chi connectivity index (χ1v) is 28.4. The first kappa shape index (κ1) is 62.8. The number of hydrogen-bond acceptors (Lipinski definition) is 5. The molecular formula is C59H109NO5. The molecule has 0 bridgehead atoms. The minimum Gasteiger partial charge on any atom is -0.462 e. The Bertz CT molecular complexity index is 1110. The van der Waals surface area contributed by atoms with Gasteiger partial charge in [-0.05, 0) is 77.0 Å². The molecule has 0 saturated carbocycles. The van der Waals surface area contributed by atoms with E-state index in [0.717, 1.165) is 77.0 Å². The Morgan fingerprint density at radius 3 is 1.23 bits per heavy atom. The minimum atomic E-state index is -0.798. The molecule has 0 aromatic heterocycles. The molecule has 6 heteroatoms. The minimum absolute atomic E-state index is 0.0527. The molecule has 65 heavy (non-hydrogen) atoms. The molecule has 0 saturated heterocycles. The number of hydrogen-bond donors (Lipinski definition) is 3. The van der Waals surface area contributed by atoms with Gasteiger partial charge in [-0.1, -0.05) is 249 Å². The molecule has 3 N–H and O–H groups in total. The van der Waals surface area contributed by atoms with E-state index in [0.29, 0.717) is 19.3 Å². The van der Waals surface area contributed by atoms with E-state index < -0.39 is 18.2 Å². The largest absolute Gasteiger partial charge is 0.462 e. The lowest BCUT2D eigenvalue weighted by molar-refractivity contribution is -0.151. The predicted molar refractivity (Wildman–Crippen MR) is 282 cm³/mol. The Kier molecular flexibility index (Phi) is 51.0. The lowest BCUT2D eigenvalue weighted by atomic mass is 10.0. The van der Waals surface area contributed by atoms with Crippen LogP contribution in [0.25, 0.3) is 0 Å². The van der Waals surface area contributed by atoms with Crippen LogP contribution < -0.4 is 5.32 Å². The van der Waals surface area contributed by atoms with Crippen molar-refractivity contribution in [2.24, 2.45) is 0 Å². The SMILES string of the molecule is CCCCCCC/C=C/C=C/C=C/CCCCCC(CC(=O)NC(CO)C(O)CCCCCCCCCCCCCC)OC(=O)CCCCCCC/C=C/CCCCCCCCCCC. The smallest absolute Gasteiger partial charge is 0.306 e. The van der Waals surface area contributed by atoms with Gasteiger partial charge in [0, 0.05) is 6.42 Å². The Hall–Kier alpha value is -2.18. The summed E-state index contributed by atoms with van der Waals surface area (Å²) in [6.07, 6.45) is 64.6. The zero-order valence-corrected chi connectivity index (χ0v) is 43.4. The zero-order valence-electron chi connectivity index (χ0n) is 43.4. The lowest BCUT2D eigenvalue weighted by Gasteiger charge is -2.24. The second-order valence-electron chi connectivity index (χ2n) is 19.4. The third-order valence-electron chi connectivity index (χ3n) is 12.9. The molecule has 0 heterocycles. The number of aliphatic hydroxyl groups is 2. The molecule has 0 aliphatic rings. The van der Waals surface area contributed by atoms with Crippen molar-refractivity contribution in [2.45, 2.75) is 309 Å². The molecule has 0 aliphatic heterocycles. The number of ether oxygens (including phenoxy) is 1. The summed E-state index contributed by atoms with van der Waals surface area (Å²) in [7, 11) is 0. The summed E-state index contributed by atoms with van der Waals surface area (Å²) in [4.78, 5) is 26.2. The highest BCUT2D eigenvalue weighted by Gasteiger charge is 2.24. The highest BCUT2D eigenvalue weighted by atomic mass is 16.5. The summed E-state index contributed by atoms with van der Waals surface area (Å²) in [5.41, 5.74) is 0. The number of allylic oxidation sites excluding steroid dienone is 8. The van der Waals surface area contributed by atoms with Crippen molar-refractivity contribution in [3.8, 4) is 0 Å². The Labute approximate surface area is 404 Å². The average molecular weight is 913 g/mol. The molecule has 6 nitrogen and oxygen atoms in total. The number of rotatable bonds is 51. The number of unbranched alkanes of at least 4 members (excludes halogenated alkanes) is 33. The van der Waals surface area contributed by atoms with Crippen molar-refractivity contribution >= 4 is 11.9 Å². The number of nitrogens with one attached hydrogen (secondary N) is 1. The van der Waals surface area contributed by atoms with Crippen LogP contribution >= 0.6 is 0 Å². The average Bonchev–Trinajstić information content (AvgIpc) is 3.30. The summed E-state index contributed by atoms with van der Waals surface area (Å²) >= 11 is 0. The second-order valence-corrected chi connectivity index (χ2v) is 19.4. The maximum absolute atomic E-state index is 13.2. The van der Waals surface area contributed by atoms with Crippen molar-refractivity contribution < 1.29 is 24.5 Å². The van der Waals surface area contributed by atoms with Gasteiger partial charge in [-0.3, -0.25) is 9.59 Å². The maximum atomic E-state index is 13.2. The molecule has 0 aromatic carbocycles. The highest BCUT2D eigenvalue weighted by molar-refractivity contribution is 5.77. The van der Waals surface area contributed by atoms with E-state index in [9.17, 15) is 19.8 Å². The molecule has 0 aromatic rings. The maximum Gasteiger partial charge on any atom is 0.306 e. The van der Waals surface area contributed by atoms with Crippen LogP contribution in [0.3, 0.4) is 0 Å². The number of esters is 1. The van der Waals surface area contributed by atoms with E-state index >= 15 is 0 Å². The molecule has 3 atom stereocenters. The normalized spacial score (nSPS) is 13.5. The summed E-state index contributed by atoms with van der Waals surface area (Å²) in [5, 5.41) is 23.8. The van der Waals surface area contributed by atoms with Crippen LogP contribution in [0.5, 0.6) is 0 Å². The van der Waals surface area contributed by atoms with Gasteiger partial charge >= 0.3 is 5.97 Å². The number of carbonyl (C=O) groups excluding carboxylic acids is 2. The lowest BCUT2D eigenvalue weighted by Crippen LogP contribution is -2.46. The first-order chi connectivity index (χ1) is 32.0. The van der Waals surface area contributed by atoms with Crippen molar-refractivity contribution in [3.63, 3.8) is 0 Å². The summed E-state index contributed by atoms with van der Waals surface area (Å²) in [5.74, 6) is -0.508. The Morgan fingerprint density at radius 1 is 0.446 bits per heavy atom. The van der Waals surface area contributed by atoms with Gasteiger partial charge in [0.15, 0.2) is 0 Å². The quantitative estimate of drug-likeness (QED) is 0.0245. The standard InChI is InChI=1S/C59H109NO5/c1-4-7-10-13-16-19-22-25-27-29-30-32-34-37-40-43-46-49-52-59(64)65-55(50-47-44-41-38-35-33-31-28-26-23-20-17-14-11-8-5-2)53-58(63)60-56(54-61)57(62)51-48-45-42-39-36-24-21-18-15-12-9-6-3/h23,26,28,30-33,35,55-57,61-62H,4-22,24-25,27,29,34,36-54H2,1-3H3,(H,60,63)/b26-23+,31-28+,32-30+,35-33+. The van der Waals surface area contributed by atoms with E-state index in [1.165, 1.54) is 167 Å². The van der Waals surface area contributed by atoms with Crippen molar-refractivity contribution in [3.05, 3.63) is 48.6 Å². The topological polar surface area (TPSA) is 95.9 Å². The summed E-state index contributed by atoms with van der Waals surface area (Å²) in [6.45, 7) is 6.47. The number of carbonyl (C=O) groups is 2. The van der Waals surface area contributed by atoms with Crippen LogP contribution in [0, 0.1) is 0 Å². The van der Waals surface area contributed by atoms with Gasteiger partial charge in [-0.15, -0.1) is 0 Å². The highest BCUT2D eigenvalue weighted by Crippen LogP contribution is 2.18. The molecule has 380 valence electrons. The van der Waals surface area contributed by atoms with Crippen LogP contribution in [0.1, 0.15) is 290 Å². The van der Waals surface area contributed by atoms with Crippen LogP contribution in [0.4, 0.5) is 0 Å². The molecule has 0 radical (unpaired) electrons. The Balaban J connectivity index is 4.63. The van der Waals surface area contributed by atoms with Gasteiger partial charge in [0.1, 0.15) is 6.10 Å². The molecule has 0 fully saturated rings. The van der Waals surface area contributed by atoms with Gasteiger partial charge in [-0.2, -0.15) is 0 Å². The van der Waals surface area contributed by atoms with Gasteiger partial charge in [-0.25, -0.2) is 0 Å². The van der Waals surface area contributed by atoms with Crippen molar-refractivity contribution in [1.29, 1.82) is 0 Å². The van der Waals surface area contributed by atoms with Gasteiger partial charge in [0.05, 0.1) is 25.2 Å². The zero-order chi connectivity index (χ0) is 47.4. The fourth-order valence-corrected chi connectivity index (χ4v) is 8.60. The fraction of sp³-hybridized carbons (Fsp3) is 0.831. The monoisotopic (exact) mass is 912 g/mol. The number of aliphatic hydroxyl groups excluding tert-OH is 2.